The molecule has 1 aliphatic rings. The standard InChI is InChI=1S/C15H18FN3O/c16-6-10(7-17)9-20-11-1-2-14-12(5-11)13-8-18-4-3-15(13)19-14/h1-2,5-6,18-19H,3-4,7-9,17H2/b10-6-. The molecule has 0 spiro atoms. The zero-order valence-corrected chi connectivity index (χ0v) is 11.2. The van der Waals surface area contributed by atoms with Crippen LogP contribution in [-0.4, -0.2) is 24.7 Å². The number of nitrogens with one attached hydrogen (secondary N) is 2. The zero-order chi connectivity index (χ0) is 13.9. The highest BCUT2D eigenvalue weighted by Crippen LogP contribution is 2.28. The van der Waals surface area contributed by atoms with E-state index < -0.39 is 0 Å². The highest BCUT2D eigenvalue weighted by molar-refractivity contribution is 5.86. The van der Waals surface area contributed by atoms with Gasteiger partial charge in [0.2, 0.25) is 0 Å². The SMILES string of the molecule is NC/C(=C/F)COc1ccc2[nH]c3c(c2c1)CNCC3. The number of benzene rings is 1. The summed E-state index contributed by atoms with van der Waals surface area (Å²) in [5.41, 5.74) is 9.57. The first-order valence-corrected chi connectivity index (χ1v) is 6.77. The molecule has 3 rings (SSSR count). The van der Waals surface area contributed by atoms with Crippen molar-refractivity contribution in [3.63, 3.8) is 0 Å². The lowest BCUT2D eigenvalue weighted by molar-refractivity contribution is 0.348. The Morgan fingerprint density at radius 3 is 3.15 bits per heavy atom. The Kier molecular flexibility index (Phi) is 3.71. The second kappa shape index (κ2) is 5.64. The number of aromatic nitrogens is 1. The molecule has 0 unspecified atom stereocenters. The van der Waals surface area contributed by atoms with Crippen LogP contribution >= 0.6 is 0 Å². The molecular formula is C15H18FN3O. The van der Waals surface area contributed by atoms with Gasteiger partial charge in [0.25, 0.3) is 0 Å². The van der Waals surface area contributed by atoms with Crippen molar-refractivity contribution in [3.05, 3.63) is 41.4 Å². The Bertz CT molecular complexity index is 648. The number of hydrogen-bond acceptors (Lipinski definition) is 3. The van der Waals surface area contributed by atoms with Crippen LogP contribution in [0.15, 0.2) is 30.1 Å². The van der Waals surface area contributed by atoms with Gasteiger partial charge in [-0.2, -0.15) is 0 Å². The van der Waals surface area contributed by atoms with Crippen LogP contribution in [0.2, 0.25) is 0 Å². The van der Waals surface area contributed by atoms with Crippen molar-refractivity contribution in [2.45, 2.75) is 13.0 Å². The van der Waals surface area contributed by atoms with Gasteiger partial charge in [-0.05, 0) is 23.8 Å². The molecule has 0 radical (unpaired) electrons. The molecule has 1 aliphatic heterocycles. The zero-order valence-electron chi connectivity index (χ0n) is 11.2. The highest BCUT2D eigenvalue weighted by Gasteiger charge is 2.15. The topological polar surface area (TPSA) is 63.1 Å². The minimum atomic E-state index is 0.169. The summed E-state index contributed by atoms with van der Waals surface area (Å²) < 4.78 is 18.0. The quantitative estimate of drug-likeness (QED) is 0.799. The van der Waals surface area contributed by atoms with Gasteiger partial charge in [0.05, 0.1) is 6.33 Å². The molecule has 2 aromatic rings. The van der Waals surface area contributed by atoms with Crippen LogP contribution < -0.4 is 15.8 Å². The van der Waals surface area contributed by atoms with Crippen LogP contribution in [0.25, 0.3) is 10.9 Å². The second-order valence-electron chi connectivity index (χ2n) is 4.98. The average molecular weight is 275 g/mol. The number of hydrogen-bond donors (Lipinski definition) is 3. The molecular weight excluding hydrogens is 257 g/mol. The smallest absolute Gasteiger partial charge is 0.120 e. The van der Waals surface area contributed by atoms with Gasteiger partial charge in [0, 0.05) is 48.2 Å². The van der Waals surface area contributed by atoms with E-state index in [2.05, 4.69) is 10.3 Å². The van der Waals surface area contributed by atoms with Crippen molar-refractivity contribution in [2.75, 3.05) is 19.7 Å². The van der Waals surface area contributed by atoms with Crippen LogP contribution in [0.3, 0.4) is 0 Å². The third kappa shape index (κ3) is 2.42. The Morgan fingerprint density at radius 1 is 1.45 bits per heavy atom. The third-order valence-electron chi connectivity index (χ3n) is 3.66. The Morgan fingerprint density at radius 2 is 2.35 bits per heavy atom. The molecule has 0 aliphatic carbocycles. The third-order valence-corrected chi connectivity index (χ3v) is 3.66. The minimum Gasteiger partial charge on any atom is -0.489 e. The lowest BCUT2D eigenvalue weighted by Crippen LogP contribution is -2.22. The number of halogens is 1. The normalized spacial score (nSPS) is 15.4. The van der Waals surface area contributed by atoms with Gasteiger partial charge < -0.3 is 20.8 Å². The fourth-order valence-electron chi connectivity index (χ4n) is 2.53. The van der Waals surface area contributed by atoms with Crippen molar-refractivity contribution in [1.82, 2.24) is 10.3 Å². The first-order valence-electron chi connectivity index (χ1n) is 6.77. The maximum Gasteiger partial charge on any atom is 0.120 e. The molecule has 0 atom stereocenters. The van der Waals surface area contributed by atoms with E-state index in [-0.39, 0.29) is 13.2 Å². The Hall–Kier alpha value is -1.85. The number of fused-ring (bicyclic) bond motifs is 3. The van der Waals surface area contributed by atoms with E-state index in [1.54, 1.807) is 0 Å². The van der Waals surface area contributed by atoms with E-state index >= 15 is 0 Å². The van der Waals surface area contributed by atoms with Crippen LogP contribution in [0.4, 0.5) is 4.39 Å². The Labute approximate surface area is 116 Å². The largest absolute Gasteiger partial charge is 0.489 e. The molecule has 0 saturated carbocycles. The van der Waals surface area contributed by atoms with E-state index in [1.165, 1.54) is 16.6 Å². The molecule has 0 fully saturated rings. The summed E-state index contributed by atoms with van der Waals surface area (Å²) >= 11 is 0. The molecule has 0 bridgehead atoms. The summed E-state index contributed by atoms with van der Waals surface area (Å²) in [5, 5.41) is 4.54. The van der Waals surface area contributed by atoms with Gasteiger partial charge in [0.15, 0.2) is 0 Å². The number of nitrogens with two attached hydrogens (primary N) is 1. The van der Waals surface area contributed by atoms with Gasteiger partial charge >= 0.3 is 0 Å². The van der Waals surface area contributed by atoms with Gasteiger partial charge in [-0.15, -0.1) is 0 Å². The maximum atomic E-state index is 12.5. The highest BCUT2D eigenvalue weighted by atomic mass is 19.1. The first-order chi connectivity index (χ1) is 9.81. The number of aromatic amines is 1. The molecule has 0 amide bonds. The van der Waals surface area contributed by atoms with E-state index in [1.807, 2.05) is 18.2 Å². The lowest BCUT2D eigenvalue weighted by atomic mass is 10.1. The molecule has 5 heteroatoms. The van der Waals surface area contributed by atoms with Crippen molar-refractivity contribution in [2.24, 2.45) is 5.73 Å². The lowest BCUT2D eigenvalue weighted by Gasteiger charge is -2.12. The van der Waals surface area contributed by atoms with Crippen LogP contribution in [0, 0.1) is 0 Å². The number of rotatable bonds is 4. The van der Waals surface area contributed by atoms with Crippen molar-refractivity contribution >= 4 is 10.9 Å². The summed E-state index contributed by atoms with van der Waals surface area (Å²) in [6, 6.07) is 5.90. The van der Waals surface area contributed by atoms with Gasteiger partial charge in [-0.1, -0.05) is 0 Å². The predicted molar refractivity (Wildman–Crippen MR) is 77.4 cm³/mol. The molecule has 4 nitrogen and oxygen atoms in total. The molecule has 0 saturated heterocycles. The van der Waals surface area contributed by atoms with Crippen LogP contribution in [0.1, 0.15) is 11.3 Å². The first kappa shape index (κ1) is 13.1. The van der Waals surface area contributed by atoms with Gasteiger partial charge in [-0.3, -0.25) is 0 Å². The predicted octanol–water partition coefficient (Wildman–Crippen LogP) is 2.00. The fourth-order valence-corrected chi connectivity index (χ4v) is 2.53. The summed E-state index contributed by atoms with van der Waals surface area (Å²) in [5.74, 6) is 0.734. The van der Waals surface area contributed by atoms with Crippen LogP contribution in [-0.2, 0) is 13.0 Å². The summed E-state index contributed by atoms with van der Waals surface area (Å²) in [6.45, 7) is 2.23. The fraction of sp³-hybridized carbons (Fsp3) is 0.333. The molecule has 20 heavy (non-hydrogen) atoms. The number of ether oxygens (including phenoxy) is 1. The Balaban J connectivity index is 1.86. The minimum absolute atomic E-state index is 0.169. The van der Waals surface area contributed by atoms with Gasteiger partial charge in [-0.25, -0.2) is 4.39 Å². The summed E-state index contributed by atoms with van der Waals surface area (Å²) in [4.78, 5) is 3.44. The van der Waals surface area contributed by atoms with Crippen molar-refractivity contribution < 1.29 is 9.13 Å². The summed E-state index contributed by atoms with van der Waals surface area (Å²) in [6.07, 6.45) is 1.53. The monoisotopic (exact) mass is 275 g/mol. The number of H-pyrrole nitrogens is 1. The molecule has 106 valence electrons. The van der Waals surface area contributed by atoms with E-state index in [0.717, 1.165) is 30.8 Å². The molecule has 2 heterocycles. The van der Waals surface area contributed by atoms with E-state index in [9.17, 15) is 4.39 Å². The van der Waals surface area contributed by atoms with Gasteiger partial charge in [0.1, 0.15) is 12.4 Å². The van der Waals surface area contributed by atoms with E-state index in [0.29, 0.717) is 11.9 Å². The maximum absolute atomic E-state index is 12.5. The van der Waals surface area contributed by atoms with Crippen molar-refractivity contribution in [3.8, 4) is 5.75 Å². The molecule has 1 aromatic heterocycles. The molecule has 4 N–H and O–H groups in total. The average Bonchev–Trinajstić information content (AvgIpc) is 2.86. The van der Waals surface area contributed by atoms with Crippen LogP contribution in [0.5, 0.6) is 5.75 Å². The molecule has 1 aromatic carbocycles. The summed E-state index contributed by atoms with van der Waals surface area (Å²) in [7, 11) is 0. The van der Waals surface area contributed by atoms with Crippen molar-refractivity contribution in [1.29, 1.82) is 0 Å². The second-order valence-corrected chi connectivity index (χ2v) is 4.98. The van der Waals surface area contributed by atoms with E-state index in [4.69, 9.17) is 10.5 Å².